The lowest BCUT2D eigenvalue weighted by Gasteiger charge is -2.14. The average Bonchev–Trinajstić information content (AvgIpc) is 3.02. The van der Waals surface area contributed by atoms with Crippen LogP contribution >= 0.6 is 0 Å². The summed E-state index contributed by atoms with van der Waals surface area (Å²) in [5.74, 6) is 3.93. The molecule has 0 spiro atoms. The molecule has 7 nitrogen and oxygen atoms in total. The summed E-state index contributed by atoms with van der Waals surface area (Å²) in [5, 5.41) is 3.29. The van der Waals surface area contributed by atoms with E-state index in [2.05, 4.69) is 34.1 Å². The highest BCUT2D eigenvalue weighted by molar-refractivity contribution is 5.45. The van der Waals surface area contributed by atoms with E-state index in [-0.39, 0.29) is 5.92 Å². The molecule has 1 aliphatic heterocycles. The number of nitrogens with zero attached hydrogens (tertiary/aromatic N) is 4. The van der Waals surface area contributed by atoms with Crippen LogP contribution in [-0.4, -0.2) is 42.4 Å². The molecule has 0 amide bonds. The molecule has 2 heterocycles. The molecule has 0 saturated heterocycles. The third-order valence-electron chi connectivity index (χ3n) is 3.69. The maximum Gasteiger partial charge on any atom is 0.231 e. The van der Waals surface area contributed by atoms with Crippen LogP contribution < -0.4 is 19.7 Å². The zero-order valence-corrected chi connectivity index (χ0v) is 14.5. The lowest BCUT2D eigenvalue weighted by atomic mass is 10.1. The first-order valence-electron chi connectivity index (χ1n) is 8.08. The minimum absolute atomic E-state index is 0.251. The SMILES string of the molecule is CC(C)c1nc(NCCc2ccc3c(c2)OCO3)nc(N(C)C)n1. The lowest BCUT2D eigenvalue weighted by Crippen LogP contribution is -2.18. The Morgan fingerprint density at radius 3 is 2.67 bits per heavy atom. The number of ether oxygens (including phenoxy) is 2. The van der Waals surface area contributed by atoms with Crippen molar-refractivity contribution in [3.05, 3.63) is 29.6 Å². The molecule has 7 heteroatoms. The Bertz CT molecular complexity index is 692. The molecule has 0 unspecified atom stereocenters. The molecule has 1 aliphatic rings. The van der Waals surface area contributed by atoms with E-state index in [1.165, 1.54) is 5.56 Å². The smallest absolute Gasteiger partial charge is 0.231 e. The predicted octanol–water partition coefficient (Wildman–Crippen LogP) is 2.44. The summed E-state index contributed by atoms with van der Waals surface area (Å²) in [7, 11) is 3.85. The quantitative estimate of drug-likeness (QED) is 0.872. The van der Waals surface area contributed by atoms with Crippen molar-refractivity contribution in [2.45, 2.75) is 26.2 Å². The fourth-order valence-corrected chi connectivity index (χ4v) is 2.33. The number of nitrogens with one attached hydrogen (secondary N) is 1. The van der Waals surface area contributed by atoms with Crippen molar-refractivity contribution >= 4 is 11.9 Å². The summed E-state index contributed by atoms with van der Waals surface area (Å²) in [6.07, 6.45) is 0.844. The topological polar surface area (TPSA) is 72.4 Å². The van der Waals surface area contributed by atoms with E-state index in [4.69, 9.17) is 9.47 Å². The summed E-state index contributed by atoms with van der Waals surface area (Å²) < 4.78 is 10.7. The van der Waals surface area contributed by atoms with Crippen molar-refractivity contribution in [3.8, 4) is 11.5 Å². The van der Waals surface area contributed by atoms with Gasteiger partial charge in [0, 0.05) is 26.6 Å². The Morgan fingerprint density at radius 1 is 1.12 bits per heavy atom. The third-order valence-corrected chi connectivity index (χ3v) is 3.69. The molecule has 0 saturated carbocycles. The van der Waals surface area contributed by atoms with Gasteiger partial charge in [-0.1, -0.05) is 19.9 Å². The molecule has 128 valence electrons. The minimum atomic E-state index is 0.251. The van der Waals surface area contributed by atoms with E-state index in [0.717, 1.165) is 30.3 Å². The van der Waals surface area contributed by atoms with Crippen molar-refractivity contribution in [2.75, 3.05) is 37.6 Å². The minimum Gasteiger partial charge on any atom is -0.454 e. The van der Waals surface area contributed by atoms with Gasteiger partial charge in [-0.3, -0.25) is 0 Å². The summed E-state index contributed by atoms with van der Waals surface area (Å²) in [6.45, 7) is 5.18. The van der Waals surface area contributed by atoms with Gasteiger partial charge in [0.2, 0.25) is 18.7 Å². The van der Waals surface area contributed by atoms with E-state index in [1.807, 2.05) is 37.2 Å². The maximum absolute atomic E-state index is 5.41. The number of hydrogen-bond acceptors (Lipinski definition) is 7. The predicted molar refractivity (Wildman–Crippen MR) is 93.0 cm³/mol. The monoisotopic (exact) mass is 329 g/mol. The highest BCUT2D eigenvalue weighted by atomic mass is 16.7. The van der Waals surface area contributed by atoms with Gasteiger partial charge in [0.05, 0.1) is 0 Å². The van der Waals surface area contributed by atoms with Crippen LogP contribution in [0.25, 0.3) is 0 Å². The highest BCUT2D eigenvalue weighted by Crippen LogP contribution is 2.32. The van der Waals surface area contributed by atoms with Crippen LogP contribution in [0.1, 0.15) is 31.2 Å². The Balaban J connectivity index is 1.65. The summed E-state index contributed by atoms with van der Waals surface area (Å²) in [5.41, 5.74) is 1.18. The second kappa shape index (κ2) is 6.90. The first-order chi connectivity index (χ1) is 11.5. The number of benzene rings is 1. The third kappa shape index (κ3) is 3.67. The first-order valence-corrected chi connectivity index (χ1v) is 8.08. The molecule has 0 radical (unpaired) electrons. The van der Waals surface area contributed by atoms with Gasteiger partial charge in [0.1, 0.15) is 5.82 Å². The molecular weight excluding hydrogens is 306 g/mol. The van der Waals surface area contributed by atoms with Crippen LogP contribution in [0.5, 0.6) is 11.5 Å². The number of rotatable bonds is 6. The van der Waals surface area contributed by atoms with Crippen LogP contribution in [0.4, 0.5) is 11.9 Å². The molecule has 3 rings (SSSR count). The van der Waals surface area contributed by atoms with E-state index >= 15 is 0 Å². The van der Waals surface area contributed by atoms with Crippen molar-refractivity contribution in [1.82, 2.24) is 15.0 Å². The van der Waals surface area contributed by atoms with E-state index < -0.39 is 0 Å². The lowest BCUT2D eigenvalue weighted by molar-refractivity contribution is 0.174. The highest BCUT2D eigenvalue weighted by Gasteiger charge is 2.13. The van der Waals surface area contributed by atoms with E-state index in [1.54, 1.807) is 0 Å². The van der Waals surface area contributed by atoms with Gasteiger partial charge >= 0.3 is 0 Å². The normalized spacial score (nSPS) is 12.5. The molecule has 1 aromatic heterocycles. The molecule has 0 bridgehead atoms. The zero-order chi connectivity index (χ0) is 17.1. The fraction of sp³-hybridized carbons (Fsp3) is 0.471. The number of aromatic nitrogens is 3. The van der Waals surface area contributed by atoms with Gasteiger partial charge < -0.3 is 19.7 Å². The van der Waals surface area contributed by atoms with Crippen molar-refractivity contribution in [3.63, 3.8) is 0 Å². The maximum atomic E-state index is 5.41. The average molecular weight is 329 g/mol. The largest absolute Gasteiger partial charge is 0.454 e. The molecule has 1 aromatic carbocycles. The van der Waals surface area contributed by atoms with E-state index in [0.29, 0.717) is 18.7 Å². The molecule has 1 N–H and O–H groups in total. The summed E-state index contributed by atoms with van der Waals surface area (Å²) in [6, 6.07) is 6.01. The second-order valence-corrected chi connectivity index (χ2v) is 6.23. The fourth-order valence-electron chi connectivity index (χ4n) is 2.33. The molecular formula is C17H23N5O2. The van der Waals surface area contributed by atoms with Gasteiger partial charge in [0.25, 0.3) is 0 Å². The standard InChI is InChI=1S/C17H23N5O2/c1-11(2)15-19-16(21-17(20-15)22(3)4)18-8-7-12-5-6-13-14(9-12)24-10-23-13/h5-6,9,11H,7-8,10H2,1-4H3,(H,18,19,20,21). The first kappa shape index (κ1) is 16.3. The Kier molecular flexibility index (Phi) is 4.69. The molecule has 24 heavy (non-hydrogen) atoms. The van der Waals surface area contributed by atoms with Crippen LogP contribution in [0, 0.1) is 0 Å². The Morgan fingerprint density at radius 2 is 1.92 bits per heavy atom. The molecule has 0 aliphatic carbocycles. The van der Waals surface area contributed by atoms with Crippen molar-refractivity contribution in [1.29, 1.82) is 0 Å². The summed E-state index contributed by atoms with van der Waals surface area (Å²) in [4.78, 5) is 15.3. The van der Waals surface area contributed by atoms with Crippen molar-refractivity contribution < 1.29 is 9.47 Å². The van der Waals surface area contributed by atoms with Gasteiger partial charge in [0.15, 0.2) is 11.5 Å². The Labute approximate surface area is 142 Å². The molecule has 0 atom stereocenters. The molecule has 2 aromatic rings. The van der Waals surface area contributed by atoms with Gasteiger partial charge in [-0.2, -0.15) is 15.0 Å². The van der Waals surface area contributed by atoms with Gasteiger partial charge in [-0.15, -0.1) is 0 Å². The number of hydrogen-bond donors (Lipinski definition) is 1. The molecule has 0 fully saturated rings. The second-order valence-electron chi connectivity index (χ2n) is 6.23. The Hall–Kier alpha value is -2.57. The van der Waals surface area contributed by atoms with Crippen LogP contribution in [0.2, 0.25) is 0 Å². The summed E-state index contributed by atoms with van der Waals surface area (Å²) >= 11 is 0. The van der Waals surface area contributed by atoms with Gasteiger partial charge in [-0.25, -0.2) is 0 Å². The number of fused-ring (bicyclic) bond motifs is 1. The van der Waals surface area contributed by atoms with Gasteiger partial charge in [-0.05, 0) is 24.1 Å². The number of anilines is 2. The van der Waals surface area contributed by atoms with Crippen molar-refractivity contribution in [2.24, 2.45) is 0 Å². The van der Waals surface area contributed by atoms with Crippen LogP contribution in [0.15, 0.2) is 18.2 Å². The van der Waals surface area contributed by atoms with E-state index in [9.17, 15) is 0 Å². The zero-order valence-electron chi connectivity index (χ0n) is 14.5. The van der Waals surface area contributed by atoms with Crippen LogP contribution in [-0.2, 0) is 6.42 Å². The van der Waals surface area contributed by atoms with Crippen LogP contribution in [0.3, 0.4) is 0 Å².